The minimum atomic E-state index is 0.775. The fourth-order valence-corrected chi connectivity index (χ4v) is 5.57. The second-order valence-electron chi connectivity index (χ2n) is 7.99. The lowest BCUT2D eigenvalue weighted by Gasteiger charge is -2.47. The topological polar surface area (TPSA) is 15.3 Å². The summed E-state index contributed by atoms with van der Waals surface area (Å²) in [5.74, 6) is 2.92. The number of hydrogen-bond donors (Lipinski definition) is 1. The largest absolute Gasteiger partial charge is 0.317 e. The maximum Gasteiger partial charge on any atom is 0.0124 e. The van der Waals surface area contributed by atoms with Gasteiger partial charge in [-0.05, 0) is 76.3 Å². The Morgan fingerprint density at radius 3 is 2.62 bits per heavy atom. The lowest BCUT2D eigenvalue weighted by Crippen LogP contribution is -2.52. The van der Waals surface area contributed by atoms with Gasteiger partial charge in [0, 0.05) is 18.6 Å². The van der Waals surface area contributed by atoms with Gasteiger partial charge in [-0.3, -0.25) is 4.90 Å². The van der Waals surface area contributed by atoms with Gasteiger partial charge in [0.1, 0.15) is 0 Å². The highest BCUT2D eigenvalue weighted by Gasteiger charge is 2.36. The molecule has 2 heteroatoms. The van der Waals surface area contributed by atoms with E-state index in [0.717, 1.165) is 29.8 Å². The summed E-state index contributed by atoms with van der Waals surface area (Å²) in [4.78, 5) is 2.92. The SMILES string of the molecule is CCC1CCC(NC)C(CN2CCCC3CCCCC32)C1. The van der Waals surface area contributed by atoms with E-state index in [9.17, 15) is 0 Å². The average Bonchev–Trinajstić information content (AvgIpc) is 2.55. The Labute approximate surface area is 132 Å². The molecule has 0 aromatic rings. The minimum Gasteiger partial charge on any atom is -0.317 e. The minimum absolute atomic E-state index is 0.775. The number of hydrogen-bond acceptors (Lipinski definition) is 2. The normalized spacial score (nSPS) is 41.7. The Morgan fingerprint density at radius 1 is 1.00 bits per heavy atom. The van der Waals surface area contributed by atoms with Gasteiger partial charge < -0.3 is 5.32 Å². The van der Waals surface area contributed by atoms with Crippen LogP contribution in [-0.2, 0) is 0 Å². The molecule has 3 fully saturated rings. The van der Waals surface area contributed by atoms with Crippen molar-refractivity contribution in [2.75, 3.05) is 20.1 Å². The number of nitrogens with zero attached hydrogens (tertiary/aromatic N) is 1. The van der Waals surface area contributed by atoms with E-state index < -0.39 is 0 Å². The van der Waals surface area contributed by atoms with E-state index in [0.29, 0.717) is 0 Å². The van der Waals surface area contributed by atoms with Crippen molar-refractivity contribution in [1.29, 1.82) is 0 Å². The second-order valence-corrected chi connectivity index (χ2v) is 7.99. The Bertz CT molecular complexity index is 315. The number of likely N-dealkylation sites (tertiary alicyclic amines) is 1. The first-order chi connectivity index (χ1) is 10.3. The van der Waals surface area contributed by atoms with Crippen LogP contribution in [0.2, 0.25) is 0 Å². The van der Waals surface area contributed by atoms with Gasteiger partial charge in [0.15, 0.2) is 0 Å². The van der Waals surface area contributed by atoms with Gasteiger partial charge in [-0.1, -0.05) is 26.2 Å². The number of piperidine rings is 1. The molecule has 21 heavy (non-hydrogen) atoms. The smallest absolute Gasteiger partial charge is 0.0124 e. The maximum atomic E-state index is 3.63. The van der Waals surface area contributed by atoms with Crippen molar-refractivity contribution >= 4 is 0 Å². The summed E-state index contributed by atoms with van der Waals surface area (Å²) < 4.78 is 0. The standard InChI is InChI=1S/C19H36N2/c1-3-15-10-11-18(20-2)17(13-15)14-21-12-6-8-16-7-4-5-9-19(16)21/h15-20H,3-14H2,1-2H3. The average molecular weight is 293 g/mol. The van der Waals surface area contributed by atoms with Gasteiger partial charge in [-0.15, -0.1) is 0 Å². The molecule has 0 amide bonds. The Hall–Kier alpha value is -0.0800. The van der Waals surface area contributed by atoms with Crippen molar-refractivity contribution in [2.24, 2.45) is 17.8 Å². The quantitative estimate of drug-likeness (QED) is 0.841. The molecule has 0 spiro atoms. The van der Waals surface area contributed by atoms with Crippen LogP contribution >= 0.6 is 0 Å². The van der Waals surface area contributed by atoms with Crippen molar-refractivity contribution in [3.05, 3.63) is 0 Å². The molecule has 2 nitrogen and oxygen atoms in total. The summed E-state index contributed by atoms with van der Waals surface area (Å²) in [5.41, 5.74) is 0. The van der Waals surface area contributed by atoms with Crippen molar-refractivity contribution in [3.8, 4) is 0 Å². The van der Waals surface area contributed by atoms with Crippen LogP contribution in [-0.4, -0.2) is 37.1 Å². The van der Waals surface area contributed by atoms with Crippen LogP contribution in [0.25, 0.3) is 0 Å². The van der Waals surface area contributed by atoms with Gasteiger partial charge in [-0.2, -0.15) is 0 Å². The third-order valence-electron chi connectivity index (χ3n) is 6.87. The molecule has 1 heterocycles. The monoisotopic (exact) mass is 292 g/mol. The van der Waals surface area contributed by atoms with E-state index in [4.69, 9.17) is 0 Å². The van der Waals surface area contributed by atoms with Gasteiger partial charge in [0.25, 0.3) is 0 Å². The van der Waals surface area contributed by atoms with E-state index in [2.05, 4.69) is 24.2 Å². The highest BCUT2D eigenvalue weighted by Crippen LogP contribution is 2.38. The first-order valence-corrected chi connectivity index (χ1v) is 9.73. The molecule has 122 valence electrons. The fraction of sp³-hybridized carbons (Fsp3) is 1.00. The number of rotatable bonds is 4. The molecule has 0 radical (unpaired) electrons. The number of nitrogens with one attached hydrogen (secondary N) is 1. The van der Waals surface area contributed by atoms with Crippen LogP contribution in [0.4, 0.5) is 0 Å². The number of fused-ring (bicyclic) bond motifs is 1. The molecule has 0 aromatic carbocycles. The Kier molecular flexibility index (Phi) is 5.61. The van der Waals surface area contributed by atoms with E-state index in [1.165, 1.54) is 77.3 Å². The first-order valence-electron chi connectivity index (χ1n) is 9.73. The zero-order valence-electron chi connectivity index (χ0n) is 14.3. The van der Waals surface area contributed by atoms with Crippen molar-refractivity contribution < 1.29 is 0 Å². The zero-order valence-corrected chi connectivity index (χ0v) is 14.3. The summed E-state index contributed by atoms with van der Waals surface area (Å²) in [7, 11) is 2.18. The molecule has 1 aliphatic heterocycles. The molecule has 5 atom stereocenters. The predicted octanol–water partition coefficient (Wildman–Crippen LogP) is 4.06. The molecule has 2 saturated carbocycles. The predicted molar refractivity (Wildman–Crippen MR) is 90.5 cm³/mol. The van der Waals surface area contributed by atoms with Crippen LogP contribution in [0.3, 0.4) is 0 Å². The highest BCUT2D eigenvalue weighted by molar-refractivity contribution is 4.91. The van der Waals surface area contributed by atoms with Crippen molar-refractivity contribution in [2.45, 2.75) is 83.2 Å². The molecule has 2 aliphatic carbocycles. The molecule has 1 saturated heterocycles. The molecular weight excluding hydrogens is 256 g/mol. The zero-order chi connectivity index (χ0) is 14.7. The van der Waals surface area contributed by atoms with Crippen LogP contribution in [0, 0.1) is 17.8 Å². The van der Waals surface area contributed by atoms with Crippen LogP contribution in [0.5, 0.6) is 0 Å². The van der Waals surface area contributed by atoms with Gasteiger partial charge in [0.05, 0.1) is 0 Å². The second kappa shape index (κ2) is 7.46. The van der Waals surface area contributed by atoms with Crippen molar-refractivity contribution in [1.82, 2.24) is 10.2 Å². The molecule has 0 aromatic heterocycles. The first kappa shape index (κ1) is 15.8. The van der Waals surface area contributed by atoms with Gasteiger partial charge in [0.2, 0.25) is 0 Å². The molecule has 5 unspecified atom stereocenters. The molecule has 3 aliphatic rings. The van der Waals surface area contributed by atoms with Crippen LogP contribution in [0.15, 0.2) is 0 Å². The van der Waals surface area contributed by atoms with Gasteiger partial charge in [-0.25, -0.2) is 0 Å². The summed E-state index contributed by atoms with van der Waals surface area (Å²) in [6.07, 6.45) is 14.7. The van der Waals surface area contributed by atoms with Crippen LogP contribution in [0.1, 0.15) is 71.1 Å². The Morgan fingerprint density at radius 2 is 1.81 bits per heavy atom. The lowest BCUT2D eigenvalue weighted by molar-refractivity contribution is 0.0319. The summed E-state index contributed by atoms with van der Waals surface area (Å²) in [6, 6.07) is 1.71. The van der Waals surface area contributed by atoms with Gasteiger partial charge >= 0.3 is 0 Å². The molecular formula is C19H36N2. The third-order valence-corrected chi connectivity index (χ3v) is 6.87. The fourth-order valence-electron chi connectivity index (χ4n) is 5.57. The molecule has 3 rings (SSSR count). The molecule has 0 bridgehead atoms. The van der Waals surface area contributed by atoms with E-state index >= 15 is 0 Å². The van der Waals surface area contributed by atoms with Crippen molar-refractivity contribution in [3.63, 3.8) is 0 Å². The summed E-state index contributed by atoms with van der Waals surface area (Å²) in [5, 5.41) is 3.63. The summed E-state index contributed by atoms with van der Waals surface area (Å²) in [6.45, 7) is 5.15. The van der Waals surface area contributed by atoms with E-state index in [-0.39, 0.29) is 0 Å². The van der Waals surface area contributed by atoms with Crippen LogP contribution < -0.4 is 5.32 Å². The Balaban J connectivity index is 1.62. The maximum absolute atomic E-state index is 3.63. The summed E-state index contributed by atoms with van der Waals surface area (Å²) >= 11 is 0. The highest BCUT2D eigenvalue weighted by atomic mass is 15.2. The van der Waals surface area contributed by atoms with E-state index in [1.807, 2.05) is 0 Å². The van der Waals surface area contributed by atoms with E-state index in [1.54, 1.807) is 0 Å². The molecule has 1 N–H and O–H groups in total. The third kappa shape index (κ3) is 3.64. The lowest BCUT2D eigenvalue weighted by atomic mass is 9.74.